The minimum atomic E-state index is 0.197. The second kappa shape index (κ2) is 6.43. The van der Waals surface area contributed by atoms with Gasteiger partial charge in [-0.05, 0) is 43.4 Å². The van der Waals surface area contributed by atoms with Gasteiger partial charge in [0, 0.05) is 25.8 Å². The van der Waals surface area contributed by atoms with Gasteiger partial charge in [0.15, 0.2) is 0 Å². The predicted molar refractivity (Wildman–Crippen MR) is 81.4 cm³/mol. The number of aromatic nitrogens is 1. The summed E-state index contributed by atoms with van der Waals surface area (Å²) in [7, 11) is 0. The van der Waals surface area contributed by atoms with Crippen molar-refractivity contribution in [1.82, 2.24) is 9.88 Å². The second-order valence-electron chi connectivity index (χ2n) is 5.85. The molecule has 0 saturated carbocycles. The molecule has 3 heterocycles. The number of hydrogen-bond donors (Lipinski definition) is 0. The number of nitrogens with zero attached hydrogens (tertiary/aromatic N) is 3. The van der Waals surface area contributed by atoms with E-state index >= 15 is 0 Å². The van der Waals surface area contributed by atoms with Crippen LogP contribution in [0.25, 0.3) is 0 Å². The summed E-state index contributed by atoms with van der Waals surface area (Å²) in [6.45, 7) is 6.32. The molecule has 1 aromatic heterocycles. The highest BCUT2D eigenvalue weighted by Crippen LogP contribution is 2.32. The molecule has 0 N–H and O–H groups in total. The molecule has 0 radical (unpaired) electrons. The van der Waals surface area contributed by atoms with E-state index in [-0.39, 0.29) is 6.04 Å². The van der Waals surface area contributed by atoms with E-state index in [4.69, 9.17) is 4.74 Å². The molecule has 2 aliphatic rings. The van der Waals surface area contributed by atoms with Crippen LogP contribution in [0, 0.1) is 6.92 Å². The first-order valence-electron chi connectivity index (χ1n) is 7.80. The lowest BCUT2D eigenvalue weighted by molar-refractivity contribution is -0.121. The fourth-order valence-corrected chi connectivity index (χ4v) is 3.28. The van der Waals surface area contributed by atoms with Gasteiger partial charge in [0.2, 0.25) is 6.41 Å². The highest BCUT2D eigenvalue weighted by atomic mass is 16.5. The summed E-state index contributed by atoms with van der Waals surface area (Å²) in [5.41, 5.74) is 2.42. The average molecular weight is 289 g/mol. The fraction of sp³-hybridized carbons (Fsp3) is 0.625. The number of piperidine rings is 1. The molecule has 0 bridgehead atoms. The number of aryl methyl sites for hydroxylation is 1. The maximum Gasteiger partial charge on any atom is 0.210 e. The van der Waals surface area contributed by atoms with Gasteiger partial charge in [0.25, 0.3) is 0 Å². The second-order valence-corrected chi connectivity index (χ2v) is 5.85. The van der Waals surface area contributed by atoms with Crippen molar-refractivity contribution in [1.29, 1.82) is 0 Å². The minimum absolute atomic E-state index is 0.197. The Labute approximate surface area is 125 Å². The molecule has 1 aromatic rings. The van der Waals surface area contributed by atoms with E-state index in [0.717, 1.165) is 57.9 Å². The van der Waals surface area contributed by atoms with E-state index in [0.29, 0.717) is 0 Å². The molecular formula is C16H23N3O2. The molecule has 21 heavy (non-hydrogen) atoms. The normalized spacial score (nSPS) is 23.2. The van der Waals surface area contributed by atoms with Gasteiger partial charge in [-0.3, -0.25) is 4.79 Å². The molecule has 3 rings (SSSR count). The monoisotopic (exact) mass is 289 g/mol. The molecule has 2 saturated heterocycles. The smallest absolute Gasteiger partial charge is 0.210 e. The molecule has 2 fully saturated rings. The van der Waals surface area contributed by atoms with Crippen LogP contribution in [0.2, 0.25) is 0 Å². The number of anilines is 1. The SMILES string of the molecule is Cc1cc(N2CCOCC2)ncc1[C@@H]1CCCCN1C=O. The van der Waals surface area contributed by atoms with E-state index < -0.39 is 0 Å². The molecule has 0 aliphatic carbocycles. The van der Waals surface area contributed by atoms with Gasteiger partial charge in [0.1, 0.15) is 5.82 Å². The van der Waals surface area contributed by atoms with E-state index in [2.05, 4.69) is 22.9 Å². The van der Waals surface area contributed by atoms with Crippen molar-refractivity contribution in [3.63, 3.8) is 0 Å². The van der Waals surface area contributed by atoms with Gasteiger partial charge in [-0.1, -0.05) is 0 Å². The van der Waals surface area contributed by atoms with Gasteiger partial charge >= 0.3 is 0 Å². The summed E-state index contributed by atoms with van der Waals surface area (Å²) in [5, 5.41) is 0. The standard InChI is InChI=1S/C16H23N3O2/c1-13-10-16(18-6-8-21-9-7-18)17-11-14(13)15-4-2-3-5-19(15)12-20/h10-12,15H,2-9H2,1H3/t15-/m0/s1. The van der Waals surface area contributed by atoms with Crippen LogP contribution in [-0.4, -0.2) is 49.1 Å². The van der Waals surface area contributed by atoms with Crippen LogP contribution < -0.4 is 4.90 Å². The molecule has 5 heteroatoms. The minimum Gasteiger partial charge on any atom is -0.378 e. The van der Waals surface area contributed by atoms with Crippen molar-refractivity contribution in [2.75, 3.05) is 37.7 Å². The van der Waals surface area contributed by atoms with Crippen molar-refractivity contribution < 1.29 is 9.53 Å². The lowest BCUT2D eigenvalue weighted by Crippen LogP contribution is -2.37. The summed E-state index contributed by atoms with van der Waals surface area (Å²) in [5.74, 6) is 1.02. The van der Waals surface area contributed by atoms with E-state index in [9.17, 15) is 4.79 Å². The molecule has 1 atom stereocenters. The third kappa shape index (κ3) is 3.02. The maximum absolute atomic E-state index is 11.3. The van der Waals surface area contributed by atoms with E-state index in [1.165, 1.54) is 17.5 Å². The fourth-order valence-electron chi connectivity index (χ4n) is 3.28. The predicted octanol–water partition coefficient (Wildman–Crippen LogP) is 1.91. The molecule has 0 unspecified atom stereocenters. The molecule has 5 nitrogen and oxygen atoms in total. The van der Waals surface area contributed by atoms with Gasteiger partial charge in [-0.15, -0.1) is 0 Å². The van der Waals surface area contributed by atoms with Crippen molar-refractivity contribution in [3.05, 3.63) is 23.4 Å². The first-order valence-corrected chi connectivity index (χ1v) is 7.80. The highest BCUT2D eigenvalue weighted by Gasteiger charge is 2.25. The number of amides is 1. The quantitative estimate of drug-likeness (QED) is 0.797. The highest BCUT2D eigenvalue weighted by molar-refractivity contribution is 5.51. The van der Waals surface area contributed by atoms with Crippen LogP contribution in [0.15, 0.2) is 12.3 Å². The van der Waals surface area contributed by atoms with Gasteiger partial charge < -0.3 is 14.5 Å². The van der Waals surface area contributed by atoms with Gasteiger partial charge in [0.05, 0.1) is 19.3 Å². The Balaban J connectivity index is 1.81. The first kappa shape index (κ1) is 14.3. The van der Waals surface area contributed by atoms with Gasteiger partial charge in [-0.25, -0.2) is 4.98 Å². The van der Waals surface area contributed by atoms with Crippen LogP contribution in [0.4, 0.5) is 5.82 Å². The number of morpholine rings is 1. The maximum atomic E-state index is 11.3. The van der Waals surface area contributed by atoms with Crippen molar-refractivity contribution >= 4 is 12.2 Å². The Kier molecular flexibility index (Phi) is 4.39. The van der Waals surface area contributed by atoms with Crippen molar-refractivity contribution in [2.24, 2.45) is 0 Å². The molecule has 0 spiro atoms. The molecule has 114 valence electrons. The summed E-state index contributed by atoms with van der Waals surface area (Å²) < 4.78 is 5.38. The number of carbonyl (C=O) groups is 1. The average Bonchev–Trinajstić information content (AvgIpc) is 2.55. The lowest BCUT2D eigenvalue weighted by Gasteiger charge is -2.34. The zero-order valence-electron chi connectivity index (χ0n) is 12.6. The van der Waals surface area contributed by atoms with Crippen LogP contribution in [-0.2, 0) is 9.53 Å². The number of carbonyl (C=O) groups excluding carboxylic acids is 1. The summed E-state index contributed by atoms with van der Waals surface area (Å²) in [6.07, 6.45) is 6.27. The Hall–Kier alpha value is -1.62. The van der Waals surface area contributed by atoms with Crippen LogP contribution in [0.5, 0.6) is 0 Å². The summed E-state index contributed by atoms with van der Waals surface area (Å²) >= 11 is 0. The van der Waals surface area contributed by atoms with Crippen molar-refractivity contribution in [2.45, 2.75) is 32.2 Å². The van der Waals surface area contributed by atoms with Crippen LogP contribution in [0.3, 0.4) is 0 Å². The number of likely N-dealkylation sites (tertiary alicyclic amines) is 1. The van der Waals surface area contributed by atoms with Crippen LogP contribution >= 0.6 is 0 Å². The Morgan fingerprint density at radius 3 is 2.81 bits per heavy atom. The molecule has 2 aliphatic heterocycles. The number of pyridine rings is 1. The van der Waals surface area contributed by atoms with E-state index in [1.54, 1.807) is 0 Å². The topological polar surface area (TPSA) is 45.7 Å². The third-order valence-corrected chi connectivity index (χ3v) is 4.51. The number of hydrogen-bond acceptors (Lipinski definition) is 4. The van der Waals surface area contributed by atoms with Crippen molar-refractivity contribution in [3.8, 4) is 0 Å². The molecule has 0 aromatic carbocycles. The Morgan fingerprint density at radius 2 is 2.10 bits per heavy atom. The Morgan fingerprint density at radius 1 is 1.29 bits per heavy atom. The largest absolute Gasteiger partial charge is 0.378 e. The lowest BCUT2D eigenvalue weighted by atomic mass is 9.94. The summed E-state index contributed by atoms with van der Waals surface area (Å²) in [4.78, 5) is 20.1. The van der Waals surface area contributed by atoms with Crippen LogP contribution in [0.1, 0.15) is 36.4 Å². The zero-order chi connectivity index (χ0) is 14.7. The molecule has 1 amide bonds. The number of rotatable bonds is 3. The Bertz CT molecular complexity index is 500. The number of ether oxygens (including phenoxy) is 1. The molecular weight excluding hydrogens is 266 g/mol. The zero-order valence-corrected chi connectivity index (χ0v) is 12.6. The first-order chi connectivity index (χ1) is 10.3. The van der Waals surface area contributed by atoms with Gasteiger partial charge in [-0.2, -0.15) is 0 Å². The summed E-state index contributed by atoms with van der Waals surface area (Å²) in [6, 6.07) is 2.35. The van der Waals surface area contributed by atoms with E-state index in [1.807, 2.05) is 11.1 Å². The third-order valence-electron chi connectivity index (χ3n) is 4.51.